The largest absolute Gasteiger partial charge is 0.351 e. The lowest BCUT2D eigenvalue weighted by molar-refractivity contribution is 0.0946. The number of aromatic nitrogens is 2. The molecule has 1 aromatic heterocycles. The van der Waals surface area contributed by atoms with Crippen LogP contribution in [-0.2, 0) is 5.54 Å². The van der Waals surface area contributed by atoms with E-state index in [1.165, 1.54) is 18.5 Å². The Balaban J connectivity index is 2.10. The van der Waals surface area contributed by atoms with Crippen LogP contribution in [0, 0.1) is 0 Å². The lowest BCUT2D eigenvalue weighted by Gasteiger charge is -2.22. The van der Waals surface area contributed by atoms with Gasteiger partial charge in [-0.15, -0.1) is 0 Å². The number of rotatable bonds is 5. The van der Waals surface area contributed by atoms with Crippen LogP contribution < -0.4 is 11.1 Å². The van der Waals surface area contributed by atoms with Crippen LogP contribution in [0.15, 0.2) is 6.07 Å². The maximum absolute atomic E-state index is 12.1. The minimum atomic E-state index is -0.101. The van der Waals surface area contributed by atoms with Crippen LogP contribution in [0.25, 0.3) is 0 Å². The zero-order valence-corrected chi connectivity index (χ0v) is 12.9. The Kier molecular flexibility index (Phi) is 4.18. The molecule has 1 heterocycles. The summed E-state index contributed by atoms with van der Waals surface area (Å²) in [5, 5.41) is 7.40. The molecule has 2 rings (SSSR count). The van der Waals surface area contributed by atoms with Gasteiger partial charge in [-0.1, -0.05) is 0 Å². The number of hydrogen-bond donors (Lipinski definition) is 2. The van der Waals surface area contributed by atoms with Gasteiger partial charge in [0, 0.05) is 24.2 Å². The predicted molar refractivity (Wildman–Crippen MR) is 79.8 cm³/mol. The van der Waals surface area contributed by atoms with Crippen LogP contribution >= 0.6 is 0 Å². The number of nitrogens with one attached hydrogen (secondary N) is 1. The van der Waals surface area contributed by atoms with Gasteiger partial charge in [0.15, 0.2) is 0 Å². The molecule has 1 amide bonds. The maximum atomic E-state index is 12.1. The van der Waals surface area contributed by atoms with E-state index in [1.807, 2.05) is 17.7 Å². The summed E-state index contributed by atoms with van der Waals surface area (Å²) in [4.78, 5) is 12.1. The lowest BCUT2D eigenvalue weighted by atomic mass is 10.1. The number of nitrogens with zero attached hydrogens (tertiary/aromatic N) is 2. The van der Waals surface area contributed by atoms with Gasteiger partial charge in [0.25, 0.3) is 5.91 Å². The van der Waals surface area contributed by atoms with Crippen molar-refractivity contribution in [3.8, 4) is 0 Å². The molecule has 0 aliphatic heterocycles. The summed E-state index contributed by atoms with van der Waals surface area (Å²) in [7, 11) is 0. The highest BCUT2D eigenvalue weighted by atomic mass is 16.1. The van der Waals surface area contributed by atoms with Gasteiger partial charge in [0.05, 0.1) is 5.54 Å². The summed E-state index contributed by atoms with van der Waals surface area (Å²) < 4.78 is 2.01. The molecule has 5 heteroatoms. The van der Waals surface area contributed by atoms with Crippen molar-refractivity contribution in [2.75, 3.05) is 6.54 Å². The standard InChI is InChI=1S/C15H26N4O/c1-10(16)7-8-17-14(20)12-9-13(11-5-6-11)19(18-12)15(2,3)4/h9-11H,5-8,16H2,1-4H3,(H,17,20). The van der Waals surface area contributed by atoms with Gasteiger partial charge in [0.1, 0.15) is 5.69 Å². The zero-order valence-electron chi connectivity index (χ0n) is 12.9. The molecule has 0 aromatic carbocycles. The summed E-state index contributed by atoms with van der Waals surface area (Å²) in [6.45, 7) is 8.88. The second-order valence-corrected chi connectivity index (χ2v) is 6.83. The van der Waals surface area contributed by atoms with Crippen LogP contribution in [0.1, 0.15) is 69.1 Å². The van der Waals surface area contributed by atoms with Gasteiger partial charge in [-0.2, -0.15) is 5.10 Å². The fourth-order valence-corrected chi connectivity index (χ4v) is 2.22. The number of carbonyl (C=O) groups excluding carboxylic acids is 1. The molecule has 1 aromatic rings. The maximum Gasteiger partial charge on any atom is 0.271 e. The summed E-state index contributed by atoms with van der Waals surface area (Å²) in [5.41, 5.74) is 7.29. The lowest BCUT2D eigenvalue weighted by Crippen LogP contribution is -2.30. The van der Waals surface area contributed by atoms with Crippen molar-refractivity contribution in [3.05, 3.63) is 17.5 Å². The van der Waals surface area contributed by atoms with E-state index < -0.39 is 0 Å². The molecule has 0 radical (unpaired) electrons. The summed E-state index contributed by atoms with van der Waals surface area (Å²) in [6, 6.07) is 2.05. The van der Waals surface area contributed by atoms with Crippen LogP contribution in [0.3, 0.4) is 0 Å². The van der Waals surface area contributed by atoms with E-state index in [1.54, 1.807) is 0 Å². The highest BCUT2D eigenvalue weighted by molar-refractivity contribution is 5.92. The summed E-state index contributed by atoms with van der Waals surface area (Å²) >= 11 is 0. The highest BCUT2D eigenvalue weighted by Crippen LogP contribution is 2.41. The molecular formula is C15H26N4O. The smallest absolute Gasteiger partial charge is 0.271 e. The van der Waals surface area contributed by atoms with Crippen molar-refractivity contribution in [2.24, 2.45) is 5.73 Å². The topological polar surface area (TPSA) is 72.9 Å². The molecule has 1 unspecified atom stereocenters. The molecule has 3 N–H and O–H groups in total. The van der Waals surface area contributed by atoms with Gasteiger partial charge in [-0.3, -0.25) is 9.48 Å². The number of amides is 1. The Labute approximate surface area is 120 Å². The average molecular weight is 278 g/mol. The summed E-state index contributed by atoms with van der Waals surface area (Å²) in [6.07, 6.45) is 3.18. The average Bonchev–Trinajstić information content (AvgIpc) is 3.05. The SMILES string of the molecule is CC(N)CCNC(=O)c1cc(C2CC2)n(C(C)(C)C)n1. The first-order chi connectivity index (χ1) is 9.29. The van der Waals surface area contributed by atoms with E-state index in [0.717, 1.165) is 6.42 Å². The van der Waals surface area contributed by atoms with Crippen molar-refractivity contribution in [2.45, 2.75) is 64.5 Å². The molecule has 112 valence electrons. The Hall–Kier alpha value is -1.36. The molecule has 0 saturated heterocycles. The van der Waals surface area contributed by atoms with E-state index in [-0.39, 0.29) is 17.5 Å². The van der Waals surface area contributed by atoms with E-state index in [2.05, 4.69) is 31.2 Å². The number of carbonyl (C=O) groups is 1. The van der Waals surface area contributed by atoms with E-state index in [4.69, 9.17) is 5.73 Å². The predicted octanol–water partition coefficient (Wildman–Crippen LogP) is 1.98. The quantitative estimate of drug-likeness (QED) is 0.865. The van der Waals surface area contributed by atoms with Crippen molar-refractivity contribution in [3.63, 3.8) is 0 Å². The van der Waals surface area contributed by atoms with Gasteiger partial charge < -0.3 is 11.1 Å². The fourth-order valence-electron chi connectivity index (χ4n) is 2.22. The number of nitrogens with two attached hydrogens (primary N) is 1. The van der Waals surface area contributed by atoms with Crippen molar-refractivity contribution >= 4 is 5.91 Å². The normalized spacial score (nSPS) is 17.1. The van der Waals surface area contributed by atoms with Gasteiger partial charge in [-0.05, 0) is 53.0 Å². The van der Waals surface area contributed by atoms with Crippen molar-refractivity contribution < 1.29 is 4.79 Å². The van der Waals surface area contributed by atoms with Gasteiger partial charge in [-0.25, -0.2) is 0 Å². The van der Waals surface area contributed by atoms with Crippen molar-refractivity contribution in [1.82, 2.24) is 15.1 Å². The molecular weight excluding hydrogens is 252 g/mol. The molecule has 20 heavy (non-hydrogen) atoms. The Morgan fingerprint density at radius 2 is 2.20 bits per heavy atom. The van der Waals surface area contributed by atoms with Crippen LogP contribution in [0.2, 0.25) is 0 Å². The molecule has 1 fully saturated rings. The molecule has 0 bridgehead atoms. The fraction of sp³-hybridized carbons (Fsp3) is 0.733. The van der Waals surface area contributed by atoms with E-state index in [9.17, 15) is 4.79 Å². The first-order valence-corrected chi connectivity index (χ1v) is 7.43. The van der Waals surface area contributed by atoms with Crippen LogP contribution in [0.5, 0.6) is 0 Å². The minimum Gasteiger partial charge on any atom is -0.351 e. The van der Waals surface area contributed by atoms with E-state index in [0.29, 0.717) is 18.2 Å². The number of hydrogen-bond acceptors (Lipinski definition) is 3. The Morgan fingerprint density at radius 3 is 2.70 bits per heavy atom. The van der Waals surface area contributed by atoms with Crippen LogP contribution in [0.4, 0.5) is 0 Å². The van der Waals surface area contributed by atoms with Gasteiger partial charge >= 0.3 is 0 Å². The third-order valence-corrected chi connectivity index (χ3v) is 3.49. The zero-order chi connectivity index (χ0) is 14.9. The third kappa shape index (κ3) is 3.60. The first kappa shape index (κ1) is 15.0. The molecule has 1 aliphatic rings. The van der Waals surface area contributed by atoms with Crippen LogP contribution in [-0.4, -0.2) is 28.3 Å². The molecule has 1 saturated carbocycles. The van der Waals surface area contributed by atoms with Crippen molar-refractivity contribution in [1.29, 1.82) is 0 Å². The Bertz CT molecular complexity index is 481. The monoisotopic (exact) mass is 278 g/mol. The Morgan fingerprint density at radius 1 is 1.55 bits per heavy atom. The highest BCUT2D eigenvalue weighted by Gasteiger charge is 2.32. The van der Waals surface area contributed by atoms with E-state index >= 15 is 0 Å². The first-order valence-electron chi connectivity index (χ1n) is 7.43. The molecule has 5 nitrogen and oxygen atoms in total. The third-order valence-electron chi connectivity index (χ3n) is 3.49. The molecule has 1 atom stereocenters. The second kappa shape index (κ2) is 5.56. The molecule has 1 aliphatic carbocycles. The van der Waals surface area contributed by atoms with Gasteiger partial charge in [0.2, 0.25) is 0 Å². The molecule has 0 spiro atoms. The minimum absolute atomic E-state index is 0.0950. The summed E-state index contributed by atoms with van der Waals surface area (Å²) in [5.74, 6) is 0.475. The second-order valence-electron chi connectivity index (χ2n) is 6.83.